The second kappa shape index (κ2) is 4.42. The monoisotopic (exact) mass is 266 g/mol. The number of aliphatic hydroxyl groups is 3. The van der Waals surface area contributed by atoms with Crippen molar-refractivity contribution >= 4 is 16.9 Å². The third-order valence-corrected chi connectivity index (χ3v) is 3.31. The van der Waals surface area contributed by atoms with Crippen LogP contribution in [-0.4, -0.2) is 54.8 Å². The van der Waals surface area contributed by atoms with Crippen LogP contribution >= 0.6 is 0 Å². The predicted octanol–water partition coefficient (Wildman–Crippen LogP) is -1.38. The van der Waals surface area contributed by atoms with Crippen LogP contribution in [0, 0.1) is 0 Å². The van der Waals surface area contributed by atoms with Crippen molar-refractivity contribution in [2.24, 2.45) is 0 Å². The van der Waals surface area contributed by atoms with E-state index in [0.717, 1.165) is 0 Å². The van der Waals surface area contributed by atoms with Crippen molar-refractivity contribution in [1.29, 1.82) is 0 Å². The van der Waals surface area contributed by atoms with Gasteiger partial charge in [-0.05, 0) is 6.07 Å². The Kier molecular flexibility index (Phi) is 2.86. The molecule has 0 spiro atoms. The normalized spacial score (nSPS) is 31.1. The molecule has 4 atom stereocenters. The molecule has 19 heavy (non-hydrogen) atoms. The third kappa shape index (κ3) is 1.77. The average molecular weight is 266 g/mol. The van der Waals surface area contributed by atoms with Gasteiger partial charge >= 0.3 is 0 Å². The molecule has 0 aromatic carbocycles. The lowest BCUT2D eigenvalue weighted by Gasteiger charge is -2.16. The van der Waals surface area contributed by atoms with Crippen molar-refractivity contribution in [3.63, 3.8) is 0 Å². The third-order valence-electron chi connectivity index (χ3n) is 3.31. The van der Waals surface area contributed by atoms with Gasteiger partial charge in [0.25, 0.3) is 0 Å². The van der Waals surface area contributed by atoms with E-state index in [1.807, 2.05) is 0 Å². The molecule has 5 N–H and O–H groups in total. The van der Waals surface area contributed by atoms with Gasteiger partial charge in [0, 0.05) is 6.20 Å². The smallest absolute Gasteiger partial charge is 0.164 e. The van der Waals surface area contributed by atoms with Crippen LogP contribution in [0.1, 0.15) is 6.23 Å². The topological polar surface area (TPSA) is 127 Å². The van der Waals surface area contributed by atoms with Gasteiger partial charge in [-0.1, -0.05) is 0 Å². The first-order valence-corrected chi connectivity index (χ1v) is 5.83. The Labute approximate surface area is 108 Å². The maximum atomic E-state index is 9.98. The zero-order valence-electron chi connectivity index (χ0n) is 9.92. The number of nitrogens with zero attached hydrogens (tertiary/aromatic N) is 3. The molecule has 2 aromatic rings. The van der Waals surface area contributed by atoms with Gasteiger partial charge in [0.05, 0.1) is 18.5 Å². The number of anilines is 1. The molecule has 2 aromatic heterocycles. The summed E-state index contributed by atoms with van der Waals surface area (Å²) in [4.78, 5) is 8.03. The second-order valence-electron chi connectivity index (χ2n) is 4.44. The highest BCUT2D eigenvalue weighted by Crippen LogP contribution is 2.32. The maximum absolute atomic E-state index is 9.98. The Morgan fingerprint density at radius 3 is 2.79 bits per heavy atom. The summed E-state index contributed by atoms with van der Waals surface area (Å²) < 4.78 is 7.01. The van der Waals surface area contributed by atoms with Crippen LogP contribution in [-0.2, 0) is 4.74 Å². The van der Waals surface area contributed by atoms with Gasteiger partial charge < -0.3 is 30.4 Å². The molecule has 102 valence electrons. The molecular weight excluding hydrogens is 252 g/mol. The van der Waals surface area contributed by atoms with Crippen molar-refractivity contribution in [3.05, 3.63) is 18.6 Å². The van der Waals surface area contributed by atoms with Crippen LogP contribution in [0.25, 0.3) is 11.0 Å². The molecule has 1 unspecified atom stereocenters. The van der Waals surface area contributed by atoms with Crippen LogP contribution in [0.5, 0.6) is 0 Å². The summed E-state index contributed by atoms with van der Waals surface area (Å²) in [7, 11) is 0. The molecule has 1 saturated heterocycles. The van der Waals surface area contributed by atoms with Gasteiger partial charge in [-0.3, -0.25) is 0 Å². The zero-order chi connectivity index (χ0) is 13.6. The second-order valence-corrected chi connectivity index (χ2v) is 4.44. The molecular formula is C11H14N4O4. The van der Waals surface area contributed by atoms with Gasteiger partial charge in [0.1, 0.15) is 23.8 Å². The fourth-order valence-electron chi connectivity index (χ4n) is 2.29. The summed E-state index contributed by atoms with van der Waals surface area (Å²) in [5, 5.41) is 28.8. The molecule has 3 rings (SSSR count). The summed E-state index contributed by atoms with van der Waals surface area (Å²) in [5.74, 6) is 0.281. The number of fused-ring (bicyclic) bond motifs is 1. The molecule has 3 heterocycles. The number of aromatic nitrogens is 3. The van der Waals surface area contributed by atoms with E-state index in [4.69, 9.17) is 15.6 Å². The standard InChI is InChI=1S/C11H14N4O4/c12-10-7-5(1-2-13-10)15(4-14-7)11-9(18)8(17)6(3-16)19-11/h1-2,4,6,8-9,11,16-18H,3H2,(H2,12,13)/t6-,8-,9-,11?/m1/s1. The number of hydrogen-bond donors (Lipinski definition) is 4. The number of hydrogen-bond acceptors (Lipinski definition) is 7. The van der Waals surface area contributed by atoms with E-state index in [2.05, 4.69) is 9.97 Å². The van der Waals surface area contributed by atoms with Gasteiger partial charge in [-0.25, -0.2) is 9.97 Å². The fraction of sp³-hybridized carbons (Fsp3) is 0.455. The first kappa shape index (κ1) is 12.3. The van der Waals surface area contributed by atoms with E-state index in [1.54, 1.807) is 10.6 Å². The van der Waals surface area contributed by atoms with Crippen LogP contribution in [0.15, 0.2) is 18.6 Å². The number of pyridine rings is 1. The zero-order valence-corrected chi connectivity index (χ0v) is 9.92. The van der Waals surface area contributed by atoms with E-state index in [0.29, 0.717) is 11.0 Å². The highest BCUT2D eigenvalue weighted by molar-refractivity contribution is 5.84. The minimum atomic E-state index is -1.15. The molecule has 0 radical (unpaired) electrons. The van der Waals surface area contributed by atoms with E-state index in [9.17, 15) is 10.2 Å². The van der Waals surface area contributed by atoms with Crippen molar-refractivity contribution < 1.29 is 20.1 Å². The lowest BCUT2D eigenvalue weighted by Crippen LogP contribution is -2.33. The van der Waals surface area contributed by atoms with E-state index >= 15 is 0 Å². The van der Waals surface area contributed by atoms with E-state index < -0.39 is 24.5 Å². The maximum Gasteiger partial charge on any atom is 0.164 e. The number of aliphatic hydroxyl groups excluding tert-OH is 3. The van der Waals surface area contributed by atoms with Gasteiger partial charge in [-0.2, -0.15) is 0 Å². The van der Waals surface area contributed by atoms with E-state index in [-0.39, 0.29) is 12.4 Å². The number of ether oxygens (including phenoxy) is 1. The molecule has 8 heteroatoms. The van der Waals surface area contributed by atoms with Crippen molar-refractivity contribution in [2.75, 3.05) is 12.3 Å². The first-order chi connectivity index (χ1) is 9.13. The number of nitrogen functional groups attached to an aromatic ring is 1. The lowest BCUT2D eigenvalue weighted by molar-refractivity contribution is -0.0508. The summed E-state index contributed by atoms with van der Waals surface area (Å²) in [6.07, 6.45) is -0.952. The van der Waals surface area contributed by atoms with Crippen LogP contribution < -0.4 is 5.73 Å². The number of nitrogens with two attached hydrogens (primary N) is 1. The quantitative estimate of drug-likeness (QED) is 0.528. The van der Waals surface area contributed by atoms with Gasteiger partial charge in [0.2, 0.25) is 0 Å². The Morgan fingerprint density at radius 1 is 1.32 bits per heavy atom. The predicted molar refractivity (Wildman–Crippen MR) is 64.9 cm³/mol. The molecule has 0 saturated carbocycles. The highest BCUT2D eigenvalue weighted by atomic mass is 16.6. The minimum Gasteiger partial charge on any atom is -0.394 e. The lowest BCUT2D eigenvalue weighted by atomic mass is 10.1. The molecule has 8 nitrogen and oxygen atoms in total. The minimum absolute atomic E-state index is 0.281. The van der Waals surface area contributed by atoms with Crippen molar-refractivity contribution in [3.8, 4) is 0 Å². The molecule has 1 fully saturated rings. The summed E-state index contributed by atoms with van der Waals surface area (Å²) in [5.41, 5.74) is 6.85. The summed E-state index contributed by atoms with van der Waals surface area (Å²) in [6.45, 7) is -0.370. The largest absolute Gasteiger partial charge is 0.394 e. The van der Waals surface area contributed by atoms with Crippen LogP contribution in [0.3, 0.4) is 0 Å². The molecule has 1 aliphatic heterocycles. The number of rotatable bonds is 2. The average Bonchev–Trinajstić information content (AvgIpc) is 2.94. The molecule has 0 aliphatic carbocycles. The highest BCUT2D eigenvalue weighted by Gasteiger charge is 2.43. The molecule has 1 aliphatic rings. The van der Waals surface area contributed by atoms with Gasteiger partial charge in [-0.15, -0.1) is 0 Å². The van der Waals surface area contributed by atoms with Crippen LogP contribution in [0.2, 0.25) is 0 Å². The van der Waals surface area contributed by atoms with Crippen molar-refractivity contribution in [2.45, 2.75) is 24.5 Å². The molecule has 0 amide bonds. The summed E-state index contributed by atoms with van der Waals surface area (Å²) in [6, 6.07) is 1.69. The Hall–Kier alpha value is -1.74. The van der Waals surface area contributed by atoms with E-state index in [1.165, 1.54) is 12.5 Å². The molecule has 0 bridgehead atoms. The number of imidazole rings is 1. The van der Waals surface area contributed by atoms with Crippen LogP contribution in [0.4, 0.5) is 5.82 Å². The van der Waals surface area contributed by atoms with Crippen molar-refractivity contribution in [1.82, 2.24) is 14.5 Å². The van der Waals surface area contributed by atoms with Gasteiger partial charge in [0.15, 0.2) is 12.0 Å². The summed E-state index contributed by atoms with van der Waals surface area (Å²) >= 11 is 0. The fourth-order valence-corrected chi connectivity index (χ4v) is 2.29. The Balaban J connectivity index is 2.04. The Morgan fingerprint density at radius 2 is 2.11 bits per heavy atom. The first-order valence-electron chi connectivity index (χ1n) is 5.83. The Bertz CT molecular complexity index is 601. The SMILES string of the molecule is Nc1nccc2c1ncn2C1O[C@H](CO)[C@@H](O)[C@H]1O.